The normalized spacial score (nSPS) is 11.9. The summed E-state index contributed by atoms with van der Waals surface area (Å²) in [5, 5.41) is 3.46. The molecule has 0 bridgehead atoms. The summed E-state index contributed by atoms with van der Waals surface area (Å²) in [4.78, 5) is 1.92. The van der Waals surface area contributed by atoms with Gasteiger partial charge in [-0.1, -0.05) is 0 Å². The molecule has 0 aliphatic heterocycles. The molecule has 0 N–H and O–H groups in total. The fourth-order valence-corrected chi connectivity index (χ4v) is 1.20. The molecule has 0 heterocycles. The van der Waals surface area contributed by atoms with Gasteiger partial charge in [-0.05, 0) is 28.8 Å². The van der Waals surface area contributed by atoms with Gasteiger partial charge in [-0.25, -0.2) is 0 Å². The third-order valence-electron chi connectivity index (χ3n) is 1.62. The lowest BCUT2D eigenvalue weighted by atomic mass is 10.3. The monoisotopic (exact) mass is 247 g/mol. The van der Waals surface area contributed by atoms with Gasteiger partial charge < -0.3 is 4.90 Å². The molecule has 0 atom stereocenters. The van der Waals surface area contributed by atoms with Crippen molar-refractivity contribution in [2.45, 2.75) is 0 Å². The van der Waals surface area contributed by atoms with E-state index < -0.39 is 9.24 Å². The van der Waals surface area contributed by atoms with Gasteiger partial charge in [0, 0.05) is 30.5 Å². The lowest BCUT2D eigenvalue weighted by Crippen LogP contribution is -2.07. The Hall–Kier alpha value is -1.14. The molecule has 0 amide bonds. The largest absolute Gasteiger partial charge is 0.378 e. The summed E-state index contributed by atoms with van der Waals surface area (Å²) < 4.78 is 23.9. The zero-order valence-electron chi connectivity index (χ0n) is 8.25. The third kappa shape index (κ3) is 4.26. The first-order chi connectivity index (χ1) is 6.88. The average Bonchev–Trinajstić information content (AvgIpc) is 2.14. The van der Waals surface area contributed by atoms with Gasteiger partial charge in [0.05, 0.1) is 5.69 Å². The molecule has 1 aromatic rings. The maximum absolute atomic E-state index is 10.5. The van der Waals surface area contributed by atoms with Gasteiger partial charge in [0.2, 0.25) is 0 Å². The Morgan fingerprint density at radius 2 is 1.73 bits per heavy atom. The van der Waals surface area contributed by atoms with Crippen LogP contribution in [0.2, 0.25) is 0 Å². The highest BCUT2D eigenvalue weighted by molar-refractivity contribution is 8.12. The van der Waals surface area contributed by atoms with Crippen LogP contribution in [0.15, 0.2) is 33.9 Å². The molecule has 15 heavy (non-hydrogen) atoms. The highest BCUT2D eigenvalue weighted by Crippen LogP contribution is 2.19. The highest BCUT2D eigenvalue weighted by Gasteiger charge is 2.00. The number of nitrogens with zero attached hydrogens (tertiary/aromatic N) is 3. The van der Waals surface area contributed by atoms with Crippen LogP contribution in [0.25, 0.3) is 0 Å². The molecule has 0 radical (unpaired) electrons. The van der Waals surface area contributed by atoms with Gasteiger partial charge in [0.15, 0.2) is 0 Å². The van der Waals surface area contributed by atoms with E-state index in [0.29, 0.717) is 5.69 Å². The summed E-state index contributed by atoms with van der Waals surface area (Å²) in [5.41, 5.74) is 1.42. The van der Waals surface area contributed by atoms with Crippen molar-refractivity contribution in [3.8, 4) is 0 Å². The lowest BCUT2D eigenvalue weighted by Gasteiger charge is -2.11. The van der Waals surface area contributed by atoms with E-state index in [0.717, 1.165) is 5.69 Å². The van der Waals surface area contributed by atoms with Crippen LogP contribution in [0, 0.1) is 0 Å². The quantitative estimate of drug-likeness (QED) is 0.608. The molecule has 1 aromatic carbocycles. The van der Waals surface area contributed by atoms with Crippen molar-refractivity contribution in [3.63, 3.8) is 0 Å². The molecule has 0 spiro atoms. The zero-order chi connectivity index (χ0) is 11.5. The van der Waals surface area contributed by atoms with E-state index in [1.807, 2.05) is 19.0 Å². The van der Waals surface area contributed by atoms with E-state index in [1.54, 1.807) is 24.3 Å². The Labute approximate surface area is 92.9 Å². The molecule has 1 rings (SSSR count). The van der Waals surface area contributed by atoms with Crippen molar-refractivity contribution in [2.75, 3.05) is 19.0 Å². The number of hydrogen-bond acceptors (Lipinski definition) is 4. The molecule has 0 fully saturated rings. The first-order valence-electron chi connectivity index (χ1n) is 4.03. The Balaban J connectivity index is 2.86. The molecule has 0 saturated carbocycles. The van der Waals surface area contributed by atoms with Crippen LogP contribution in [-0.4, -0.2) is 22.5 Å². The first-order valence-corrected chi connectivity index (χ1v) is 6.30. The summed E-state index contributed by atoms with van der Waals surface area (Å²) in [6.45, 7) is 0. The van der Waals surface area contributed by atoms with E-state index in [-0.39, 0.29) is 0 Å². The molecule has 82 valence electrons. The summed E-state index contributed by atoms with van der Waals surface area (Å²) in [7, 11) is 4.74. The van der Waals surface area contributed by atoms with Crippen LogP contribution in [-0.2, 0) is 9.24 Å². The Morgan fingerprint density at radius 1 is 1.20 bits per heavy atom. The third-order valence-corrected chi connectivity index (χ3v) is 2.08. The fourth-order valence-electron chi connectivity index (χ4n) is 0.913. The molecular weight excluding hydrogens is 238 g/mol. The second-order valence-corrected chi connectivity index (χ2v) is 5.16. The highest BCUT2D eigenvalue weighted by atomic mass is 35.7. The summed E-state index contributed by atoms with van der Waals surface area (Å²) in [5.74, 6) is 0. The predicted octanol–water partition coefficient (Wildman–Crippen LogP) is 2.32. The van der Waals surface area contributed by atoms with E-state index in [9.17, 15) is 8.42 Å². The van der Waals surface area contributed by atoms with Crippen LogP contribution >= 0.6 is 10.7 Å². The fraction of sp³-hybridized carbons (Fsp3) is 0.250. The summed E-state index contributed by atoms with van der Waals surface area (Å²) in [6.07, 6.45) is 0. The Kier molecular flexibility index (Phi) is 3.65. The van der Waals surface area contributed by atoms with Gasteiger partial charge >= 0.3 is 9.24 Å². The van der Waals surface area contributed by atoms with E-state index >= 15 is 0 Å². The topological polar surface area (TPSA) is 62.1 Å². The molecule has 0 aliphatic carbocycles. The standard InChI is InChI=1S/C8H10ClN3O2S/c1-12(2)8-5-3-7(4-6-8)10-11-15(9,13)14/h3-6H,1-2H3. The van der Waals surface area contributed by atoms with Gasteiger partial charge in [0.25, 0.3) is 0 Å². The van der Waals surface area contributed by atoms with Crippen LogP contribution in [0.5, 0.6) is 0 Å². The minimum atomic E-state index is -3.93. The minimum Gasteiger partial charge on any atom is -0.378 e. The Bertz CT molecular complexity index is 453. The molecular formula is C8H10ClN3O2S. The number of benzene rings is 1. The maximum atomic E-state index is 10.5. The number of rotatable bonds is 3. The van der Waals surface area contributed by atoms with Crippen molar-refractivity contribution >= 4 is 31.3 Å². The number of halogens is 1. The summed E-state index contributed by atoms with van der Waals surface area (Å²) >= 11 is 0. The second kappa shape index (κ2) is 4.59. The lowest BCUT2D eigenvalue weighted by molar-refractivity contribution is 0.609. The van der Waals surface area contributed by atoms with Crippen LogP contribution in [0.3, 0.4) is 0 Å². The van der Waals surface area contributed by atoms with Crippen molar-refractivity contribution < 1.29 is 8.42 Å². The number of anilines is 1. The number of hydrogen-bond donors (Lipinski definition) is 0. The molecule has 0 saturated heterocycles. The zero-order valence-corrected chi connectivity index (χ0v) is 9.83. The average molecular weight is 248 g/mol. The van der Waals surface area contributed by atoms with E-state index in [2.05, 4.69) is 9.63 Å². The van der Waals surface area contributed by atoms with Gasteiger partial charge in [-0.3, -0.25) is 0 Å². The van der Waals surface area contributed by atoms with Crippen LogP contribution < -0.4 is 4.90 Å². The molecule has 0 aliphatic rings. The van der Waals surface area contributed by atoms with Gasteiger partial charge in [-0.2, -0.15) is 8.42 Å². The van der Waals surface area contributed by atoms with Crippen molar-refractivity contribution in [1.29, 1.82) is 0 Å². The first kappa shape index (κ1) is 11.9. The molecule has 0 aromatic heterocycles. The second-order valence-electron chi connectivity index (χ2n) is 3.00. The predicted molar refractivity (Wildman–Crippen MR) is 60.1 cm³/mol. The van der Waals surface area contributed by atoms with Gasteiger partial charge in [0.1, 0.15) is 0 Å². The van der Waals surface area contributed by atoms with E-state index in [4.69, 9.17) is 10.7 Å². The minimum absolute atomic E-state index is 0.435. The van der Waals surface area contributed by atoms with Gasteiger partial charge in [-0.15, -0.1) is 5.11 Å². The van der Waals surface area contributed by atoms with Crippen LogP contribution in [0.1, 0.15) is 0 Å². The van der Waals surface area contributed by atoms with E-state index in [1.165, 1.54) is 0 Å². The maximum Gasteiger partial charge on any atom is 0.357 e. The van der Waals surface area contributed by atoms with Crippen LogP contribution in [0.4, 0.5) is 11.4 Å². The summed E-state index contributed by atoms with van der Waals surface area (Å²) in [6, 6.07) is 6.91. The van der Waals surface area contributed by atoms with Crippen molar-refractivity contribution in [1.82, 2.24) is 0 Å². The smallest absolute Gasteiger partial charge is 0.357 e. The molecule has 7 heteroatoms. The SMILES string of the molecule is CN(C)c1ccc(N=NS(=O)(=O)Cl)cc1. The van der Waals surface area contributed by atoms with Crippen molar-refractivity contribution in [2.24, 2.45) is 9.63 Å². The Morgan fingerprint density at radius 3 is 2.13 bits per heavy atom. The molecule has 5 nitrogen and oxygen atoms in total. The molecule has 0 unspecified atom stereocenters. The van der Waals surface area contributed by atoms with Crippen molar-refractivity contribution in [3.05, 3.63) is 24.3 Å².